The Kier molecular flexibility index (Phi) is 5.10. The summed E-state index contributed by atoms with van der Waals surface area (Å²) in [7, 11) is 1.46. The summed E-state index contributed by atoms with van der Waals surface area (Å²) in [4.78, 5) is 0. The molecule has 4 heteroatoms. The van der Waals surface area contributed by atoms with Gasteiger partial charge in [-0.05, 0) is 18.3 Å². The van der Waals surface area contributed by atoms with Gasteiger partial charge in [0.25, 0.3) is 0 Å². The van der Waals surface area contributed by atoms with E-state index in [1.807, 2.05) is 0 Å². The lowest BCUT2D eigenvalue weighted by atomic mass is 9.81. The molecule has 1 aromatic rings. The maximum atomic E-state index is 13.4. The monoisotopic (exact) mass is 280 g/mol. The molecule has 112 valence electrons. The van der Waals surface area contributed by atoms with Gasteiger partial charge in [-0.1, -0.05) is 32.6 Å². The molecule has 1 fully saturated rings. The Morgan fingerprint density at radius 2 is 2.00 bits per heavy atom. The summed E-state index contributed by atoms with van der Waals surface area (Å²) in [5, 5.41) is 3.30. The zero-order chi connectivity index (χ0) is 14.5. The molecule has 0 spiro atoms. The normalized spacial score (nSPS) is 22.6. The van der Waals surface area contributed by atoms with Crippen LogP contribution < -0.4 is 15.8 Å². The lowest BCUT2D eigenvalue weighted by Crippen LogP contribution is -2.16. The second-order valence-electron chi connectivity index (χ2n) is 5.92. The standard InChI is InChI=1S/C16H25FN2O/c1-11-3-5-12(6-4-11)7-8-19-15-10-16(20-2)13(17)9-14(15)18/h9-12,19H,3-8,18H2,1-2H3. The highest BCUT2D eigenvalue weighted by molar-refractivity contribution is 5.68. The fourth-order valence-electron chi connectivity index (χ4n) is 2.91. The molecule has 1 aromatic carbocycles. The molecule has 2 rings (SSSR count). The minimum atomic E-state index is -0.420. The fourth-order valence-corrected chi connectivity index (χ4v) is 2.91. The van der Waals surface area contributed by atoms with E-state index >= 15 is 0 Å². The highest BCUT2D eigenvalue weighted by atomic mass is 19.1. The Morgan fingerprint density at radius 1 is 1.30 bits per heavy atom. The number of anilines is 2. The van der Waals surface area contributed by atoms with Crippen LogP contribution in [0.5, 0.6) is 5.75 Å². The number of nitrogens with two attached hydrogens (primary N) is 1. The third-order valence-electron chi connectivity index (χ3n) is 4.33. The molecule has 1 aliphatic carbocycles. The van der Waals surface area contributed by atoms with Crippen molar-refractivity contribution in [3.63, 3.8) is 0 Å². The van der Waals surface area contributed by atoms with Gasteiger partial charge in [0.1, 0.15) is 0 Å². The van der Waals surface area contributed by atoms with Crippen LogP contribution in [-0.2, 0) is 0 Å². The largest absolute Gasteiger partial charge is 0.494 e. The second kappa shape index (κ2) is 6.82. The van der Waals surface area contributed by atoms with Gasteiger partial charge in [0.05, 0.1) is 18.5 Å². The molecule has 0 unspecified atom stereocenters. The average Bonchev–Trinajstić information content (AvgIpc) is 2.43. The number of ether oxygens (including phenoxy) is 1. The SMILES string of the molecule is COc1cc(NCCC2CCC(C)CC2)c(N)cc1F. The van der Waals surface area contributed by atoms with Crippen LogP contribution in [0, 0.1) is 17.7 Å². The Hall–Kier alpha value is -1.45. The number of rotatable bonds is 5. The van der Waals surface area contributed by atoms with Crippen LogP contribution in [0.1, 0.15) is 39.0 Å². The summed E-state index contributed by atoms with van der Waals surface area (Å²) in [6.45, 7) is 3.21. The lowest BCUT2D eigenvalue weighted by Gasteiger charge is -2.26. The number of benzene rings is 1. The van der Waals surface area contributed by atoms with Crippen molar-refractivity contribution >= 4 is 11.4 Å². The van der Waals surface area contributed by atoms with Gasteiger partial charge < -0.3 is 15.8 Å². The van der Waals surface area contributed by atoms with Crippen molar-refractivity contribution in [3.05, 3.63) is 17.9 Å². The van der Waals surface area contributed by atoms with Crippen molar-refractivity contribution in [1.29, 1.82) is 0 Å². The first-order valence-corrected chi connectivity index (χ1v) is 7.47. The molecule has 0 aromatic heterocycles. The van der Waals surface area contributed by atoms with E-state index in [4.69, 9.17) is 10.5 Å². The molecule has 3 N–H and O–H groups in total. The fraction of sp³-hybridized carbons (Fsp3) is 0.625. The molecule has 0 heterocycles. The van der Waals surface area contributed by atoms with Gasteiger partial charge in [-0.2, -0.15) is 0 Å². The smallest absolute Gasteiger partial charge is 0.167 e. The van der Waals surface area contributed by atoms with E-state index in [1.54, 1.807) is 6.07 Å². The first-order valence-electron chi connectivity index (χ1n) is 7.47. The third kappa shape index (κ3) is 3.78. The summed E-state index contributed by atoms with van der Waals surface area (Å²) in [5.41, 5.74) is 7.01. The molecular formula is C16H25FN2O. The number of halogens is 1. The van der Waals surface area contributed by atoms with Crippen LogP contribution in [0.2, 0.25) is 0 Å². The van der Waals surface area contributed by atoms with E-state index < -0.39 is 5.82 Å². The van der Waals surface area contributed by atoms with Gasteiger partial charge in [-0.15, -0.1) is 0 Å². The van der Waals surface area contributed by atoms with Crippen molar-refractivity contribution < 1.29 is 9.13 Å². The number of hydrogen-bond acceptors (Lipinski definition) is 3. The van der Waals surface area contributed by atoms with Gasteiger partial charge in [0.15, 0.2) is 11.6 Å². The van der Waals surface area contributed by atoms with Gasteiger partial charge in [0, 0.05) is 18.7 Å². The van der Waals surface area contributed by atoms with Crippen LogP contribution in [0.15, 0.2) is 12.1 Å². The van der Waals surface area contributed by atoms with E-state index in [0.29, 0.717) is 5.69 Å². The van der Waals surface area contributed by atoms with Crippen LogP contribution >= 0.6 is 0 Å². The highest BCUT2D eigenvalue weighted by Gasteiger charge is 2.17. The van der Waals surface area contributed by atoms with Crippen molar-refractivity contribution in [1.82, 2.24) is 0 Å². The molecule has 0 radical (unpaired) electrons. The summed E-state index contributed by atoms with van der Waals surface area (Å²) in [5.74, 6) is 1.50. The van der Waals surface area contributed by atoms with Crippen molar-refractivity contribution in [3.8, 4) is 5.75 Å². The summed E-state index contributed by atoms with van der Waals surface area (Å²) >= 11 is 0. The summed E-state index contributed by atoms with van der Waals surface area (Å²) < 4.78 is 18.4. The van der Waals surface area contributed by atoms with Gasteiger partial charge in [-0.3, -0.25) is 0 Å². The molecule has 20 heavy (non-hydrogen) atoms. The van der Waals surface area contributed by atoms with E-state index in [0.717, 1.165) is 30.5 Å². The number of hydrogen-bond donors (Lipinski definition) is 2. The molecule has 1 saturated carbocycles. The average molecular weight is 280 g/mol. The molecule has 0 atom stereocenters. The second-order valence-corrected chi connectivity index (χ2v) is 5.92. The number of methoxy groups -OCH3 is 1. The Balaban J connectivity index is 1.85. The minimum absolute atomic E-state index is 0.230. The van der Waals surface area contributed by atoms with Crippen molar-refractivity contribution in [2.45, 2.75) is 39.0 Å². The number of nitrogen functional groups attached to an aromatic ring is 1. The Morgan fingerprint density at radius 3 is 2.65 bits per heavy atom. The first-order chi connectivity index (χ1) is 9.60. The van der Waals surface area contributed by atoms with Crippen LogP contribution in [0.4, 0.5) is 15.8 Å². The zero-order valence-corrected chi connectivity index (χ0v) is 12.4. The maximum absolute atomic E-state index is 13.4. The molecule has 0 amide bonds. The zero-order valence-electron chi connectivity index (χ0n) is 12.4. The Bertz CT molecular complexity index is 442. The van der Waals surface area contributed by atoms with Crippen LogP contribution in [0.3, 0.4) is 0 Å². The molecular weight excluding hydrogens is 255 g/mol. The molecule has 0 bridgehead atoms. The minimum Gasteiger partial charge on any atom is -0.494 e. The van der Waals surface area contributed by atoms with Gasteiger partial charge in [0.2, 0.25) is 0 Å². The van der Waals surface area contributed by atoms with Crippen LogP contribution in [0.25, 0.3) is 0 Å². The highest BCUT2D eigenvalue weighted by Crippen LogP contribution is 2.31. The van der Waals surface area contributed by atoms with E-state index in [1.165, 1.54) is 38.9 Å². The first kappa shape index (κ1) is 14.9. The van der Waals surface area contributed by atoms with Crippen molar-refractivity contribution in [2.24, 2.45) is 11.8 Å². The van der Waals surface area contributed by atoms with Crippen molar-refractivity contribution in [2.75, 3.05) is 24.7 Å². The Labute approximate surface area is 120 Å². The summed E-state index contributed by atoms with van der Waals surface area (Å²) in [6, 6.07) is 2.94. The molecule has 3 nitrogen and oxygen atoms in total. The number of nitrogens with one attached hydrogen (secondary N) is 1. The van der Waals surface area contributed by atoms with E-state index in [2.05, 4.69) is 12.2 Å². The topological polar surface area (TPSA) is 47.3 Å². The predicted octanol–water partition coefficient (Wildman–Crippen LogP) is 4.04. The van der Waals surface area contributed by atoms with Gasteiger partial charge in [-0.25, -0.2) is 4.39 Å². The van der Waals surface area contributed by atoms with E-state index in [-0.39, 0.29) is 5.75 Å². The predicted molar refractivity (Wildman–Crippen MR) is 81.6 cm³/mol. The van der Waals surface area contributed by atoms with Crippen LogP contribution in [-0.4, -0.2) is 13.7 Å². The quantitative estimate of drug-likeness (QED) is 0.800. The lowest BCUT2D eigenvalue weighted by molar-refractivity contribution is 0.282. The maximum Gasteiger partial charge on any atom is 0.167 e. The third-order valence-corrected chi connectivity index (χ3v) is 4.33. The summed E-state index contributed by atoms with van der Waals surface area (Å²) in [6.07, 6.45) is 6.48. The molecule has 0 saturated heterocycles. The molecule has 1 aliphatic rings. The molecule has 0 aliphatic heterocycles. The van der Waals surface area contributed by atoms with Gasteiger partial charge >= 0.3 is 0 Å². The van der Waals surface area contributed by atoms with E-state index in [9.17, 15) is 4.39 Å².